The summed E-state index contributed by atoms with van der Waals surface area (Å²) in [7, 11) is 0. The van der Waals surface area contributed by atoms with Crippen LogP contribution < -0.4 is 0 Å². The molecule has 1 aliphatic heterocycles. The highest BCUT2D eigenvalue weighted by Crippen LogP contribution is 1.93. The molecule has 0 spiro atoms. The van der Waals surface area contributed by atoms with E-state index in [1.54, 1.807) is 18.5 Å². The third kappa shape index (κ3) is 1.60. The van der Waals surface area contributed by atoms with E-state index >= 15 is 0 Å². The zero-order valence-corrected chi connectivity index (χ0v) is 6.16. The zero-order chi connectivity index (χ0) is 5.82. The van der Waals surface area contributed by atoms with Crippen molar-refractivity contribution in [3.63, 3.8) is 0 Å². The van der Waals surface area contributed by atoms with Gasteiger partial charge in [0.1, 0.15) is 3.72 Å². The van der Waals surface area contributed by atoms with Crippen LogP contribution in [-0.2, 0) is 0 Å². The largest absolute Gasteiger partial charge is 0.248 e. The fraction of sp³-hybridized carbons (Fsp3) is 0. The Hall–Kier alpha value is -0.410. The van der Waals surface area contributed by atoms with E-state index in [0.717, 1.165) is 3.72 Å². The maximum Gasteiger partial charge on any atom is 0.110 e. The molecule has 0 bridgehead atoms. The van der Waals surface area contributed by atoms with Gasteiger partial charge in [-0.1, -0.05) is 0 Å². The summed E-state index contributed by atoms with van der Waals surface area (Å²) in [6.07, 6.45) is 4.96. The summed E-state index contributed by atoms with van der Waals surface area (Å²) in [5, 5.41) is 0. The van der Waals surface area contributed by atoms with E-state index in [2.05, 4.69) is 38.4 Å². The lowest BCUT2D eigenvalue weighted by atomic mass is 10.7. The molecule has 0 aromatic heterocycles. The summed E-state index contributed by atoms with van der Waals surface area (Å²) >= 11 is 2.10. The van der Waals surface area contributed by atoms with Crippen LogP contribution in [0.2, 0.25) is 0 Å². The minimum absolute atomic E-state index is 0.903. The Morgan fingerprint density at radius 3 is 3.25 bits per heavy atom. The first-order valence-electron chi connectivity index (χ1n) is 2.06. The van der Waals surface area contributed by atoms with Gasteiger partial charge in [-0.05, 0) is 28.5 Å². The predicted octanol–water partition coefficient (Wildman–Crippen LogP) is 1.53. The van der Waals surface area contributed by atoms with E-state index in [9.17, 15) is 0 Å². The molecule has 2 nitrogen and oxygen atoms in total. The highest BCUT2D eigenvalue weighted by Gasteiger charge is 1.81. The second kappa shape index (κ2) is 2.79. The molecular formula is C5H3IN2. The topological polar surface area (TPSA) is 24.7 Å². The highest BCUT2D eigenvalue weighted by molar-refractivity contribution is 14.1. The Kier molecular flexibility index (Phi) is 2.00. The minimum Gasteiger partial charge on any atom is -0.248 e. The molecular weight excluding hydrogens is 215 g/mol. The SMILES string of the molecule is IC1=NC=CN=C=C1. The third-order valence-corrected chi connectivity index (χ3v) is 1.19. The number of hydrogen-bond acceptors (Lipinski definition) is 2. The van der Waals surface area contributed by atoms with Gasteiger partial charge >= 0.3 is 0 Å². The summed E-state index contributed by atoms with van der Waals surface area (Å²) < 4.78 is 0.903. The van der Waals surface area contributed by atoms with Gasteiger partial charge in [-0.3, -0.25) is 0 Å². The molecule has 0 amide bonds. The number of nitrogens with zero attached hydrogens (tertiary/aromatic N) is 2. The van der Waals surface area contributed by atoms with Gasteiger partial charge in [-0.2, -0.15) is 0 Å². The van der Waals surface area contributed by atoms with Crippen LogP contribution in [0.5, 0.6) is 0 Å². The highest BCUT2D eigenvalue weighted by atomic mass is 127. The second-order valence-electron chi connectivity index (χ2n) is 1.15. The Labute approximate surface area is 60.9 Å². The van der Waals surface area contributed by atoms with E-state index in [1.807, 2.05) is 0 Å². The first-order valence-corrected chi connectivity index (χ1v) is 3.14. The molecule has 0 saturated heterocycles. The maximum atomic E-state index is 3.93. The molecule has 0 fully saturated rings. The fourth-order valence-electron chi connectivity index (χ4n) is 0.309. The van der Waals surface area contributed by atoms with Gasteiger partial charge in [-0.15, -0.1) is 0 Å². The van der Waals surface area contributed by atoms with Gasteiger partial charge in [-0.25, -0.2) is 9.98 Å². The van der Waals surface area contributed by atoms with Crippen LogP contribution in [0.1, 0.15) is 0 Å². The van der Waals surface area contributed by atoms with E-state index in [0.29, 0.717) is 0 Å². The number of allylic oxidation sites excluding steroid dienone is 1. The fourth-order valence-corrected chi connectivity index (χ4v) is 0.609. The molecule has 0 atom stereocenters. The van der Waals surface area contributed by atoms with Crippen LogP contribution in [-0.4, -0.2) is 9.59 Å². The molecule has 0 saturated carbocycles. The molecule has 0 N–H and O–H groups in total. The van der Waals surface area contributed by atoms with E-state index in [-0.39, 0.29) is 0 Å². The van der Waals surface area contributed by atoms with Crippen molar-refractivity contribution in [2.24, 2.45) is 9.98 Å². The van der Waals surface area contributed by atoms with E-state index in [1.165, 1.54) is 0 Å². The van der Waals surface area contributed by atoms with Crippen molar-refractivity contribution in [2.75, 3.05) is 0 Å². The molecule has 40 valence electrons. The normalized spacial score (nSPS) is 15.9. The van der Waals surface area contributed by atoms with Crippen molar-refractivity contribution in [2.45, 2.75) is 0 Å². The summed E-state index contributed by atoms with van der Waals surface area (Å²) in [6.45, 7) is 0. The Morgan fingerprint density at radius 1 is 1.50 bits per heavy atom. The van der Waals surface area contributed by atoms with Crippen LogP contribution >= 0.6 is 22.6 Å². The van der Waals surface area contributed by atoms with Crippen LogP contribution in [0, 0.1) is 0 Å². The van der Waals surface area contributed by atoms with Crippen molar-refractivity contribution in [1.82, 2.24) is 0 Å². The van der Waals surface area contributed by atoms with Crippen molar-refractivity contribution in [1.29, 1.82) is 0 Å². The molecule has 1 aliphatic rings. The molecule has 0 aromatic carbocycles. The lowest BCUT2D eigenvalue weighted by Crippen LogP contribution is -1.72. The summed E-state index contributed by atoms with van der Waals surface area (Å²) in [5.41, 5.74) is 0. The molecule has 0 aliphatic carbocycles. The second-order valence-corrected chi connectivity index (χ2v) is 2.26. The van der Waals surface area contributed by atoms with Gasteiger partial charge in [0.25, 0.3) is 0 Å². The summed E-state index contributed by atoms with van der Waals surface area (Å²) in [6, 6.07) is 0. The average Bonchev–Trinajstić information content (AvgIpc) is 1.94. The number of halogens is 1. The van der Waals surface area contributed by atoms with Gasteiger partial charge < -0.3 is 0 Å². The lowest BCUT2D eigenvalue weighted by Gasteiger charge is -1.74. The van der Waals surface area contributed by atoms with Crippen molar-refractivity contribution in [3.8, 4) is 0 Å². The monoisotopic (exact) mass is 218 g/mol. The molecule has 3 heteroatoms. The molecule has 0 radical (unpaired) electrons. The standard InChI is InChI=1S/C5H3IN2/c6-5-1-2-7-3-4-8-5/h1,3-4H. The first-order chi connectivity index (χ1) is 3.89. The molecule has 1 rings (SSSR count). The van der Waals surface area contributed by atoms with Gasteiger partial charge in [0.2, 0.25) is 0 Å². The van der Waals surface area contributed by atoms with Crippen LogP contribution in [0.25, 0.3) is 0 Å². The minimum atomic E-state index is 0.903. The lowest BCUT2D eigenvalue weighted by molar-refractivity contribution is 1.51. The van der Waals surface area contributed by atoms with Crippen molar-refractivity contribution >= 4 is 32.2 Å². The summed E-state index contributed by atoms with van der Waals surface area (Å²) in [4.78, 5) is 7.65. The van der Waals surface area contributed by atoms with E-state index in [4.69, 9.17) is 0 Å². The average molecular weight is 218 g/mol. The molecule has 0 unspecified atom stereocenters. The van der Waals surface area contributed by atoms with Gasteiger partial charge in [0.05, 0.1) is 6.20 Å². The molecule has 1 heterocycles. The van der Waals surface area contributed by atoms with Gasteiger partial charge in [0.15, 0.2) is 0 Å². The smallest absolute Gasteiger partial charge is 0.110 e. The third-order valence-electron chi connectivity index (χ3n) is 0.597. The number of rotatable bonds is 0. The van der Waals surface area contributed by atoms with Gasteiger partial charge in [0, 0.05) is 12.3 Å². The predicted molar refractivity (Wildman–Crippen MR) is 42.6 cm³/mol. The Balaban J connectivity index is 2.94. The van der Waals surface area contributed by atoms with Crippen LogP contribution in [0.15, 0.2) is 28.5 Å². The first kappa shape index (κ1) is 5.72. The summed E-state index contributed by atoms with van der Waals surface area (Å²) in [5.74, 6) is 2.67. The maximum absolute atomic E-state index is 3.93. The van der Waals surface area contributed by atoms with E-state index < -0.39 is 0 Å². The Bertz CT molecular complexity index is 196. The van der Waals surface area contributed by atoms with Crippen LogP contribution in [0.3, 0.4) is 0 Å². The van der Waals surface area contributed by atoms with Crippen LogP contribution in [0.4, 0.5) is 0 Å². The van der Waals surface area contributed by atoms with Crippen molar-refractivity contribution in [3.05, 3.63) is 18.5 Å². The number of aliphatic imine (C=N–C) groups is 2. The zero-order valence-electron chi connectivity index (χ0n) is 4.00. The number of hydrogen-bond donors (Lipinski definition) is 0. The molecule has 0 aromatic rings. The van der Waals surface area contributed by atoms with Crippen molar-refractivity contribution < 1.29 is 0 Å². The Morgan fingerprint density at radius 2 is 2.38 bits per heavy atom. The quantitative estimate of drug-likeness (QED) is 0.551. The molecule has 8 heavy (non-hydrogen) atoms.